The Balaban J connectivity index is 1.39. The van der Waals surface area contributed by atoms with Gasteiger partial charge in [0.05, 0.1) is 6.54 Å². The Morgan fingerprint density at radius 2 is 2.04 bits per heavy atom. The molecule has 1 aromatic rings. The molecule has 0 spiro atoms. The van der Waals surface area contributed by atoms with Crippen LogP contribution in [0.15, 0.2) is 12.4 Å². The second kappa shape index (κ2) is 7.73. The monoisotopic (exact) mass is 317 g/mol. The molecule has 0 atom stereocenters. The Morgan fingerprint density at radius 1 is 1.26 bits per heavy atom. The van der Waals surface area contributed by atoms with Gasteiger partial charge in [0.25, 0.3) is 0 Å². The highest BCUT2D eigenvalue weighted by molar-refractivity contribution is 5.78. The molecule has 1 aliphatic carbocycles. The largest absolute Gasteiger partial charge is 0.356 e. The Morgan fingerprint density at radius 3 is 2.74 bits per heavy atom. The van der Waals surface area contributed by atoms with Crippen LogP contribution in [0.3, 0.4) is 0 Å². The lowest BCUT2D eigenvalue weighted by Crippen LogP contribution is -2.47. The van der Waals surface area contributed by atoms with Crippen molar-refractivity contribution in [2.75, 3.05) is 31.1 Å². The first kappa shape index (κ1) is 16.2. The summed E-state index contributed by atoms with van der Waals surface area (Å²) in [4.78, 5) is 22.9. The first-order chi connectivity index (χ1) is 11.2. The van der Waals surface area contributed by atoms with Gasteiger partial charge in [0.15, 0.2) is 0 Å². The van der Waals surface area contributed by atoms with Crippen LogP contribution in [0.2, 0.25) is 0 Å². The van der Waals surface area contributed by atoms with Crippen molar-refractivity contribution in [2.45, 2.75) is 45.1 Å². The summed E-state index contributed by atoms with van der Waals surface area (Å²) in [5, 5.41) is 6.39. The molecule has 0 aromatic carbocycles. The number of anilines is 1. The lowest BCUT2D eigenvalue weighted by Gasteiger charge is -2.33. The Hall–Kier alpha value is -1.69. The summed E-state index contributed by atoms with van der Waals surface area (Å²) in [6.45, 7) is 5.40. The second-order valence-corrected chi connectivity index (χ2v) is 6.62. The number of piperidine rings is 1. The summed E-state index contributed by atoms with van der Waals surface area (Å²) < 4.78 is 0. The molecule has 126 valence electrons. The van der Waals surface area contributed by atoms with Crippen molar-refractivity contribution in [3.8, 4) is 0 Å². The maximum absolute atomic E-state index is 11.9. The van der Waals surface area contributed by atoms with Crippen molar-refractivity contribution in [1.29, 1.82) is 0 Å². The number of hydrogen-bond acceptors (Lipinski definition) is 5. The molecule has 1 saturated heterocycles. The molecule has 1 aromatic heterocycles. The number of nitrogens with one attached hydrogen (secondary N) is 2. The van der Waals surface area contributed by atoms with Gasteiger partial charge < -0.3 is 15.5 Å². The van der Waals surface area contributed by atoms with E-state index < -0.39 is 0 Å². The van der Waals surface area contributed by atoms with E-state index in [0.717, 1.165) is 56.3 Å². The number of aryl methyl sites for hydroxylation is 1. The van der Waals surface area contributed by atoms with Crippen LogP contribution in [-0.2, 0) is 11.2 Å². The van der Waals surface area contributed by atoms with E-state index in [9.17, 15) is 4.79 Å². The molecule has 23 heavy (non-hydrogen) atoms. The van der Waals surface area contributed by atoms with E-state index >= 15 is 0 Å². The fraction of sp³-hybridized carbons (Fsp3) is 0.706. The van der Waals surface area contributed by atoms with Crippen molar-refractivity contribution in [2.24, 2.45) is 5.92 Å². The SMILES string of the molecule is CCc1cc(N2CCC(NC(=O)CNCC3CC3)CC2)ncn1. The first-order valence-corrected chi connectivity index (χ1v) is 8.80. The third-order valence-electron chi connectivity index (χ3n) is 4.67. The van der Waals surface area contributed by atoms with E-state index in [1.807, 2.05) is 0 Å². The molecule has 1 saturated carbocycles. The number of rotatable bonds is 7. The molecule has 0 unspecified atom stereocenters. The van der Waals surface area contributed by atoms with Gasteiger partial charge >= 0.3 is 0 Å². The molecular formula is C17H27N5O. The van der Waals surface area contributed by atoms with E-state index in [0.29, 0.717) is 6.54 Å². The lowest BCUT2D eigenvalue weighted by atomic mass is 10.0. The van der Waals surface area contributed by atoms with Gasteiger partial charge in [-0.15, -0.1) is 0 Å². The summed E-state index contributed by atoms with van der Waals surface area (Å²) in [6, 6.07) is 2.36. The van der Waals surface area contributed by atoms with Crippen molar-refractivity contribution in [1.82, 2.24) is 20.6 Å². The highest BCUT2D eigenvalue weighted by Crippen LogP contribution is 2.27. The fourth-order valence-electron chi connectivity index (χ4n) is 3.00. The molecule has 2 aliphatic rings. The normalized spacial score (nSPS) is 18.9. The first-order valence-electron chi connectivity index (χ1n) is 8.80. The van der Waals surface area contributed by atoms with Crippen molar-refractivity contribution < 1.29 is 4.79 Å². The Kier molecular flexibility index (Phi) is 5.43. The molecule has 6 heteroatoms. The standard InChI is InChI=1S/C17H27N5O/c1-2-14-9-16(20-12-19-14)22-7-5-15(6-8-22)21-17(23)11-18-10-13-3-4-13/h9,12-13,15,18H,2-8,10-11H2,1H3,(H,21,23). The van der Waals surface area contributed by atoms with Gasteiger partial charge in [0.2, 0.25) is 5.91 Å². The molecule has 0 bridgehead atoms. The quantitative estimate of drug-likeness (QED) is 0.789. The Bertz CT molecular complexity index is 523. The minimum Gasteiger partial charge on any atom is -0.356 e. The molecule has 0 radical (unpaired) electrons. The van der Waals surface area contributed by atoms with Crippen LogP contribution in [0.4, 0.5) is 5.82 Å². The van der Waals surface area contributed by atoms with Crippen molar-refractivity contribution in [3.05, 3.63) is 18.1 Å². The predicted octanol–water partition coefficient (Wildman–Crippen LogP) is 1.12. The Labute approximate surface area is 138 Å². The van der Waals surface area contributed by atoms with E-state index in [2.05, 4.69) is 38.5 Å². The number of carbonyl (C=O) groups excluding carboxylic acids is 1. The number of hydrogen-bond donors (Lipinski definition) is 2. The topological polar surface area (TPSA) is 70.2 Å². The zero-order valence-electron chi connectivity index (χ0n) is 13.9. The van der Waals surface area contributed by atoms with E-state index in [-0.39, 0.29) is 11.9 Å². The molecule has 1 aliphatic heterocycles. The van der Waals surface area contributed by atoms with E-state index in [4.69, 9.17) is 0 Å². The highest BCUT2D eigenvalue weighted by Gasteiger charge is 2.23. The minimum absolute atomic E-state index is 0.124. The molecule has 3 rings (SSSR count). The fourth-order valence-corrected chi connectivity index (χ4v) is 3.00. The van der Waals surface area contributed by atoms with E-state index in [1.54, 1.807) is 6.33 Å². The van der Waals surface area contributed by atoms with Crippen LogP contribution >= 0.6 is 0 Å². The molecule has 1 amide bonds. The summed E-state index contributed by atoms with van der Waals surface area (Å²) >= 11 is 0. The average Bonchev–Trinajstić information content (AvgIpc) is 3.40. The van der Waals surface area contributed by atoms with Crippen LogP contribution in [0.1, 0.15) is 38.3 Å². The molecule has 2 fully saturated rings. The van der Waals surface area contributed by atoms with Gasteiger partial charge in [-0.1, -0.05) is 6.92 Å². The summed E-state index contributed by atoms with van der Waals surface area (Å²) in [5.41, 5.74) is 1.08. The van der Waals surface area contributed by atoms with Crippen LogP contribution in [0.25, 0.3) is 0 Å². The third kappa shape index (κ3) is 4.89. The van der Waals surface area contributed by atoms with Gasteiger partial charge in [-0.2, -0.15) is 0 Å². The van der Waals surface area contributed by atoms with Gasteiger partial charge in [-0.3, -0.25) is 4.79 Å². The molecular weight excluding hydrogens is 290 g/mol. The van der Waals surface area contributed by atoms with Crippen LogP contribution < -0.4 is 15.5 Å². The third-order valence-corrected chi connectivity index (χ3v) is 4.67. The van der Waals surface area contributed by atoms with Gasteiger partial charge in [0.1, 0.15) is 12.1 Å². The summed E-state index contributed by atoms with van der Waals surface area (Å²) in [7, 11) is 0. The van der Waals surface area contributed by atoms with Crippen LogP contribution in [0, 0.1) is 5.92 Å². The summed E-state index contributed by atoms with van der Waals surface area (Å²) in [5.74, 6) is 1.94. The number of amides is 1. The van der Waals surface area contributed by atoms with Gasteiger partial charge in [-0.05, 0) is 44.6 Å². The zero-order valence-corrected chi connectivity index (χ0v) is 13.9. The van der Waals surface area contributed by atoms with E-state index in [1.165, 1.54) is 12.8 Å². The minimum atomic E-state index is 0.124. The zero-order chi connectivity index (χ0) is 16.1. The predicted molar refractivity (Wildman–Crippen MR) is 90.4 cm³/mol. The lowest BCUT2D eigenvalue weighted by molar-refractivity contribution is -0.121. The van der Waals surface area contributed by atoms with Crippen LogP contribution in [0.5, 0.6) is 0 Å². The molecule has 2 heterocycles. The molecule has 2 N–H and O–H groups in total. The smallest absolute Gasteiger partial charge is 0.234 e. The van der Waals surface area contributed by atoms with Crippen molar-refractivity contribution in [3.63, 3.8) is 0 Å². The average molecular weight is 317 g/mol. The van der Waals surface area contributed by atoms with Crippen molar-refractivity contribution >= 4 is 11.7 Å². The number of nitrogens with zero attached hydrogens (tertiary/aromatic N) is 3. The highest BCUT2D eigenvalue weighted by atomic mass is 16.1. The maximum atomic E-state index is 11.9. The number of aromatic nitrogens is 2. The number of carbonyl (C=O) groups is 1. The maximum Gasteiger partial charge on any atom is 0.234 e. The van der Waals surface area contributed by atoms with Gasteiger partial charge in [-0.25, -0.2) is 9.97 Å². The van der Waals surface area contributed by atoms with Crippen LogP contribution in [-0.4, -0.2) is 48.1 Å². The van der Waals surface area contributed by atoms with Gasteiger partial charge in [0, 0.05) is 30.9 Å². The summed E-state index contributed by atoms with van der Waals surface area (Å²) in [6.07, 6.45) is 7.15. The second-order valence-electron chi connectivity index (χ2n) is 6.62. The molecule has 6 nitrogen and oxygen atoms in total.